The number of benzene rings is 1. The zero-order chi connectivity index (χ0) is 13.8. The highest BCUT2D eigenvalue weighted by atomic mass is 16.5. The average molecular weight is 263 g/mol. The molecule has 0 saturated carbocycles. The van der Waals surface area contributed by atoms with Gasteiger partial charge < -0.3 is 14.7 Å². The Hall–Kier alpha value is -1.22. The van der Waals surface area contributed by atoms with Crippen molar-refractivity contribution in [1.82, 2.24) is 0 Å². The largest absolute Gasteiger partial charge is 0.496 e. The smallest absolute Gasteiger partial charge is 0.126 e. The molecule has 1 aromatic rings. The molecule has 1 aromatic carbocycles. The van der Waals surface area contributed by atoms with Crippen LogP contribution in [0.5, 0.6) is 5.75 Å². The van der Waals surface area contributed by atoms with E-state index in [4.69, 9.17) is 4.74 Å². The number of piperidine rings is 1. The van der Waals surface area contributed by atoms with Gasteiger partial charge in [0.05, 0.1) is 13.2 Å². The molecule has 1 N–H and O–H groups in total. The molecule has 1 aliphatic heterocycles. The predicted molar refractivity (Wildman–Crippen MR) is 78.9 cm³/mol. The molecule has 19 heavy (non-hydrogen) atoms. The lowest BCUT2D eigenvalue weighted by molar-refractivity contribution is 0.194. The van der Waals surface area contributed by atoms with Crippen LogP contribution in [0, 0.1) is 5.92 Å². The van der Waals surface area contributed by atoms with E-state index >= 15 is 0 Å². The van der Waals surface area contributed by atoms with Crippen molar-refractivity contribution in [1.29, 1.82) is 0 Å². The SMILES string of the molecule is CCC1CCN(c2cccc(OC)c2[C@H](C)O)CC1. The van der Waals surface area contributed by atoms with Crippen LogP contribution in [0.3, 0.4) is 0 Å². The minimum atomic E-state index is -0.505. The Bertz CT molecular complexity index is 409. The van der Waals surface area contributed by atoms with Gasteiger partial charge in [-0.25, -0.2) is 0 Å². The van der Waals surface area contributed by atoms with Crippen LogP contribution in [0.2, 0.25) is 0 Å². The second kappa shape index (κ2) is 6.29. The molecule has 1 aliphatic rings. The minimum Gasteiger partial charge on any atom is -0.496 e. The van der Waals surface area contributed by atoms with E-state index in [1.807, 2.05) is 12.1 Å². The predicted octanol–water partition coefficient (Wildman–Crippen LogP) is 3.37. The number of aliphatic hydroxyl groups excluding tert-OH is 1. The molecule has 0 radical (unpaired) electrons. The van der Waals surface area contributed by atoms with E-state index in [0.29, 0.717) is 0 Å². The van der Waals surface area contributed by atoms with Crippen LogP contribution in [0.1, 0.15) is 44.8 Å². The summed E-state index contributed by atoms with van der Waals surface area (Å²) in [6, 6.07) is 6.02. The van der Waals surface area contributed by atoms with Crippen LogP contribution in [-0.2, 0) is 0 Å². The summed E-state index contributed by atoms with van der Waals surface area (Å²) < 4.78 is 5.39. The molecule has 2 rings (SSSR count). The van der Waals surface area contributed by atoms with Gasteiger partial charge in [-0.15, -0.1) is 0 Å². The van der Waals surface area contributed by atoms with Crippen molar-refractivity contribution in [3.63, 3.8) is 0 Å². The summed E-state index contributed by atoms with van der Waals surface area (Å²) in [6.07, 6.45) is 3.25. The molecule has 0 aliphatic carbocycles. The van der Waals surface area contributed by atoms with E-state index in [1.54, 1.807) is 14.0 Å². The Morgan fingerprint density at radius 1 is 1.37 bits per heavy atom. The van der Waals surface area contributed by atoms with Crippen molar-refractivity contribution in [2.75, 3.05) is 25.1 Å². The van der Waals surface area contributed by atoms with Gasteiger partial charge in [-0.05, 0) is 37.8 Å². The van der Waals surface area contributed by atoms with Crippen LogP contribution in [0.4, 0.5) is 5.69 Å². The summed E-state index contributed by atoms with van der Waals surface area (Å²) in [7, 11) is 1.66. The number of hydrogen-bond donors (Lipinski definition) is 1. The highest BCUT2D eigenvalue weighted by molar-refractivity contribution is 5.60. The van der Waals surface area contributed by atoms with Gasteiger partial charge in [0.25, 0.3) is 0 Å². The van der Waals surface area contributed by atoms with Gasteiger partial charge in [-0.3, -0.25) is 0 Å². The molecule has 0 aromatic heterocycles. The van der Waals surface area contributed by atoms with Gasteiger partial charge >= 0.3 is 0 Å². The van der Waals surface area contributed by atoms with Crippen molar-refractivity contribution in [3.8, 4) is 5.75 Å². The van der Waals surface area contributed by atoms with Crippen LogP contribution in [-0.4, -0.2) is 25.3 Å². The Morgan fingerprint density at radius 3 is 2.58 bits per heavy atom. The molecular formula is C16H25NO2. The van der Waals surface area contributed by atoms with E-state index < -0.39 is 6.10 Å². The summed E-state index contributed by atoms with van der Waals surface area (Å²) in [4.78, 5) is 2.39. The minimum absolute atomic E-state index is 0.505. The van der Waals surface area contributed by atoms with Crippen molar-refractivity contribution >= 4 is 5.69 Å². The van der Waals surface area contributed by atoms with Crippen molar-refractivity contribution in [2.45, 2.75) is 39.2 Å². The molecule has 0 spiro atoms. The number of aliphatic hydroxyl groups is 1. The third-order valence-corrected chi connectivity index (χ3v) is 4.21. The Balaban J connectivity index is 2.25. The van der Waals surface area contributed by atoms with Crippen LogP contribution < -0.4 is 9.64 Å². The first-order chi connectivity index (χ1) is 9.17. The molecular weight excluding hydrogens is 238 g/mol. The van der Waals surface area contributed by atoms with Gasteiger partial charge in [0.2, 0.25) is 0 Å². The fraction of sp³-hybridized carbons (Fsp3) is 0.625. The van der Waals surface area contributed by atoms with Gasteiger partial charge in [0.15, 0.2) is 0 Å². The Labute approximate surface area is 116 Å². The Morgan fingerprint density at radius 2 is 2.05 bits per heavy atom. The summed E-state index contributed by atoms with van der Waals surface area (Å²) in [5.74, 6) is 1.64. The number of ether oxygens (including phenoxy) is 1. The molecule has 0 amide bonds. The molecule has 3 heteroatoms. The van der Waals surface area contributed by atoms with Gasteiger partial charge in [0, 0.05) is 24.3 Å². The van der Waals surface area contributed by atoms with E-state index in [1.165, 1.54) is 19.3 Å². The maximum absolute atomic E-state index is 10.0. The van der Waals surface area contributed by atoms with Gasteiger partial charge in [-0.1, -0.05) is 19.4 Å². The van der Waals surface area contributed by atoms with E-state index in [9.17, 15) is 5.11 Å². The molecule has 1 atom stereocenters. The highest BCUT2D eigenvalue weighted by Gasteiger charge is 2.23. The summed E-state index contributed by atoms with van der Waals surface area (Å²) in [6.45, 7) is 6.23. The Kier molecular flexibility index (Phi) is 4.70. The third-order valence-electron chi connectivity index (χ3n) is 4.21. The number of hydrogen-bond acceptors (Lipinski definition) is 3. The highest BCUT2D eigenvalue weighted by Crippen LogP contribution is 2.36. The monoisotopic (exact) mass is 263 g/mol. The zero-order valence-corrected chi connectivity index (χ0v) is 12.2. The van der Waals surface area contributed by atoms with Crippen LogP contribution in [0.15, 0.2) is 18.2 Å². The second-order valence-electron chi connectivity index (χ2n) is 5.41. The normalized spacial score (nSPS) is 18.4. The first kappa shape index (κ1) is 14.2. The molecule has 106 valence electrons. The van der Waals surface area contributed by atoms with E-state index in [2.05, 4.69) is 17.9 Å². The standard InChI is InChI=1S/C16H25NO2/c1-4-13-8-10-17(11-9-13)14-6-5-7-15(19-3)16(14)12(2)18/h5-7,12-13,18H,4,8-11H2,1-3H3/t12-/m0/s1. The molecule has 0 unspecified atom stereocenters. The summed E-state index contributed by atoms with van der Waals surface area (Å²) in [5, 5.41) is 10.0. The molecule has 0 bridgehead atoms. The van der Waals surface area contributed by atoms with E-state index in [-0.39, 0.29) is 0 Å². The van der Waals surface area contributed by atoms with Crippen LogP contribution >= 0.6 is 0 Å². The number of anilines is 1. The number of rotatable bonds is 4. The first-order valence-electron chi connectivity index (χ1n) is 7.27. The number of methoxy groups -OCH3 is 1. The lowest BCUT2D eigenvalue weighted by atomic mass is 9.93. The lowest BCUT2D eigenvalue weighted by Gasteiger charge is -2.35. The third kappa shape index (κ3) is 3.03. The van der Waals surface area contributed by atoms with Crippen LogP contribution in [0.25, 0.3) is 0 Å². The topological polar surface area (TPSA) is 32.7 Å². The molecule has 3 nitrogen and oxygen atoms in total. The fourth-order valence-electron chi connectivity index (χ4n) is 2.99. The lowest BCUT2D eigenvalue weighted by Crippen LogP contribution is -2.34. The molecule has 1 fully saturated rings. The molecule has 1 saturated heterocycles. The first-order valence-corrected chi connectivity index (χ1v) is 7.27. The summed E-state index contributed by atoms with van der Waals surface area (Å²) >= 11 is 0. The quantitative estimate of drug-likeness (QED) is 0.904. The van der Waals surface area contributed by atoms with Crippen molar-refractivity contribution in [2.24, 2.45) is 5.92 Å². The summed E-state index contributed by atoms with van der Waals surface area (Å²) in [5.41, 5.74) is 2.05. The number of nitrogens with zero attached hydrogens (tertiary/aromatic N) is 1. The average Bonchev–Trinajstić information content (AvgIpc) is 2.46. The van der Waals surface area contributed by atoms with Gasteiger partial charge in [0.1, 0.15) is 5.75 Å². The zero-order valence-electron chi connectivity index (χ0n) is 12.2. The van der Waals surface area contributed by atoms with E-state index in [0.717, 1.165) is 36.0 Å². The van der Waals surface area contributed by atoms with Gasteiger partial charge in [-0.2, -0.15) is 0 Å². The fourth-order valence-corrected chi connectivity index (χ4v) is 2.99. The maximum atomic E-state index is 10.0. The second-order valence-corrected chi connectivity index (χ2v) is 5.41. The van der Waals surface area contributed by atoms with Crippen molar-refractivity contribution < 1.29 is 9.84 Å². The van der Waals surface area contributed by atoms with Crippen molar-refractivity contribution in [3.05, 3.63) is 23.8 Å². The maximum Gasteiger partial charge on any atom is 0.126 e. The molecule has 1 heterocycles.